The number of thiazole rings is 1. The first-order valence-electron chi connectivity index (χ1n) is 3.70. The maximum Gasteiger partial charge on any atom is 0.210 e. The lowest BCUT2D eigenvalue weighted by Crippen LogP contribution is -2.02. The molecule has 1 N–H and O–H groups in total. The van der Waals surface area contributed by atoms with E-state index in [1.165, 1.54) is 22.3 Å². The Morgan fingerprint density at radius 2 is 2.43 bits per heavy atom. The third-order valence-electron chi connectivity index (χ3n) is 1.50. The Morgan fingerprint density at radius 3 is 2.93 bits per heavy atom. The summed E-state index contributed by atoms with van der Waals surface area (Å²) in [5, 5.41) is 21.3. The van der Waals surface area contributed by atoms with E-state index in [9.17, 15) is 5.11 Å². The van der Waals surface area contributed by atoms with Crippen molar-refractivity contribution in [1.29, 1.82) is 0 Å². The number of hydrogen-bond donors (Lipinski definition) is 1. The maximum absolute atomic E-state index is 9.73. The van der Waals surface area contributed by atoms with Crippen LogP contribution in [0.1, 0.15) is 16.9 Å². The van der Waals surface area contributed by atoms with Crippen molar-refractivity contribution in [2.45, 2.75) is 6.10 Å². The summed E-state index contributed by atoms with van der Waals surface area (Å²) in [5.74, 6) is 0.221. The van der Waals surface area contributed by atoms with Gasteiger partial charge in [-0.25, -0.2) is 4.98 Å². The van der Waals surface area contributed by atoms with Gasteiger partial charge >= 0.3 is 0 Å². The second-order valence-electron chi connectivity index (χ2n) is 2.54. The Kier molecular flexibility index (Phi) is 2.44. The predicted molar refractivity (Wildman–Crippen MR) is 50.0 cm³/mol. The van der Waals surface area contributed by atoms with E-state index in [0.29, 0.717) is 9.34 Å². The second-order valence-corrected chi connectivity index (χ2v) is 4.24. The van der Waals surface area contributed by atoms with Crippen LogP contribution in [-0.2, 0) is 7.05 Å². The summed E-state index contributed by atoms with van der Waals surface area (Å²) < 4.78 is 0.517. The van der Waals surface area contributed by atoms with Gasteiger partial charge in [-0.3, -0.25) is 0 Å². The zero-order chi connectivity index (χ0) is 10.1. The van der Waals surface area contributed by atoms with E-state index in [2.05, 4.69) is 20.4 Å². The van der Waals surface area contributed by atoms with Crippen LogP contribution >= 0.6 is 22.9 Å². The molecule has 0 aliphatic heterocycles. The molecule has 0 bridgehead atoms. The quantitative estimate of drug-likeness (QED) is 0.810. The molecule has 2 rings (SSSR count). The Hall–Kier alpha value is -1.05. The molecule has 0 amide bonds. The summed E-state index contributed by atoms with van der Waals surface area (Å²) in [6, 6.07) is 0. The summed E-state index contributed by atoms with van der Waals surface area (Å²) in [6.07, 6.45) is 0.516. The van der Waals surface area contributed by atoms with Gasteiger partial charge in [-0.2, -0.15) is 4.80 Å². The fourth-order valence-electron chi connectivity index (χ4n) is 0.912. The minimum absolute atomic E-state index is 0.221. The third-order valence-corrected chi connectivity index (χ3v) is 2.66. The summed E-state index contributed by atoms with van der Waals surface area (Å²) in [6.45, 7) is 0. The largest absolute Gasteiger partial charge is 0.378 e. The molecule has 14 heavy (non-hydrogen) atoms. The molecule has 6 nitrogen and oxygen atoms in total. The monoisotopic (exact) mass is 231 g/mol. The van der Waals surface area contributed by atoms with Gasteiger partial charge in [0.15, 0.2) is 6.10 Å². The number of aryl methyl sites for hydroxylation is 1. The standard InChI is InChI=1S/C6H6ClN5OS/c1-12-10-5(9-11-12)4(13)6-8-2-3(7)14-6/h2,4,13H,1H3. The zero-order valence-corrected chi connectivity index (χ0v) is 8.70. The fourth-order valence-corrected chi connectivity index (χ4v) is 1.83. The fraction of sp³-hybridized carbons (Fsp3) is 0.333. The van der Waals surface area contributed by atoms with Crippen molar-refractivity contribution in [3.05, 3.63) is 21.4 Å². The second kappa shape index (κ2) is 3.60. The topological polar surface area (TPSA) is 76.7 Å². The Labute approximate surface area is 88.2 Å². The molecular weight excluding hydrogens is 226 g/mol. The molecule has 0 radical (unpaired) electrons. The lowest BCUT2D eigenvalue weighted by molar-refractivity contribution is 0.209. The van der Waals surface area contributed by atoms with Gasteiger partial charge in [0.1, 0.15) is 9.34 Å². The molecule has 0 fully saturated rings. The predicted octanol–water partition coefficient (Wildman–Crippen LogP) is 0.402. The molecule has 74 valence electrons. The molecule has 2 aromatic heterocycles. The van der Waals surface area contributed by atoms with Crippen LogP contribution in [0.5, 0.6) is 0 Å². The van der Waals surface area contributed by atoms with Crippen molar-refractivity contribution in [2.24, 2.45) is 7.05 Å². The van der Waals surface area contributed by atoms with Crippen LogP contribution in [0.4, 0.5) is 0 Å². The van der Waals surface area contributed by atoms with Gasteiger partial charge in [0, 0.05) is 0 Å². The summed E-state index contributed by atoms with van der Waals surface area (Å²) >= 11 is 6.87. The lowest BCUT2D eigenvalue weighted by Gasteiger charge is -1.99. The van der Waals surface area contributed by atoms with Gasteiger partial charge < -0.3 is 5.11 Å². The van der Waals surface area contributed by atoms with Crippen LogP contribution in [0, 0.1) is 0 Å². The van der Waals surface area contributed by atoms with Gasteiger partial charge in [-0.15, -0.1) is 21.5 Å². The van der Waals surface area contributed by atoms with Gasteiger partial charge in [0.05, 0.1) is 13.2 Å². The molecular formula is C6H6ClN5OS. The number of tetrazole rings is 1. The van der Waals surface area contributed by atoms with Crippen molar-refractivity contribution < 1.29 is 5.11 Å². The van der Waals surface area contributed by atoms with E-state index in [-0.39, 0.29) is 5.82 Å². The molecule has 2 heterocycles. The van der Waals surface area contributed by atoms with E-state index in [1.54, 1.807) is 7.05 Å². The molecule has 8 heteroatoms. The van der Waals surface area contributed by atoms with Crippen LogP contribution < -0.4 is 0 Å². The van der Waals surface area contributed by atoms with Gasteiger partial charge in [-0.1, -0.05) is 11.6 Å². The molecule has 0 saturated carbocycles. The first-order chi connectivity index (χ1) is 6.66. The van der Waals surface area contributed by atoms with Gasteiger partial charge in [0.25, 0.3) is 0 Å². The number of halogens is 1. The van der Waals surface area contributed by atoms with Crippen molar-refractivity contribution in [3.63, 3.8) is 0 Å². The summed E-state index contributed by atoms with van der Waals surface area (Å²) in [5.41, 5.74) is 0. The number of aromatic nitrogens is 5. The van der Waals surface area contributed by atoms with E-state index in [4.69, 9.17) is 11.6 Å². The first kappa shape index (κ1) is 9.50. The molecule has 0 spiro atoms. The normalized spacial score (nSPS) is 13.1. The van der Waals surface area contributed by atoms with Gasteiger partial charge in [-0.05, 0) is 5.21 Å². The Bertz CT molecular complexity index is 401. The van der Waals surface area contributed by atoms with Crippen LogP contribution in [-0.4, -0.2) is 30.3 Å². The molecule has 1 unspecified atom stereocenters. The highest BCUT2D eigenvalue weighted by Crippen LogP contribution is 2.26. The molecule has 0 aliphatic rings. The van der Waals surface area contributed by atoms with Crippen molar-refractivity contribution >= 4 is 22.9 Å². The van der Waals surface area contributed by atoms with Crippen molar-refractivity contribution in [2.75, 3.05) is 0 Å². The third kappa shape index (κ3) is 1.74. The average Bonchev–Trinajstić information content (AvgIpc) is 2.73. The van der Waals surface area contributed by atoms with Crippen LogP contribution in [0.3, 0.4) is 0 Å². The van der Waals surface area contributed by atoms with Crippen molar-refractivity contribution in [1.82, 2.24) is 25.2 Å². The van der Waals surface area contributed by atoms with Gasteiger partial charge in [0.2, 0.25) is 5.82 Å². The molecule has 0 aromatic carbocycles. The smallest absolute Gasteiger partial charge is 0.210 e. The van der Waals surface area contributed by atoms with E-state index < -0.39 is 6.10 Å². The molecule has 0 aliphatic carbocycles. The van der Waals surface area contributed by atoms with Crippen LogP contribution in [0.15, 0.2) is 6.20 Å². The number of nitrogens with zero attached hydrogens (tertiary/aromatic N) is 5. The molecule has 2 aromatic rings. The summed E-state index contributed by atoms with van der Waals surface area (Å²) in [7, 11) is 1.62. The molecule has 0 saturated heterocycles. The van der Waals surface area contributed by atoms with E-state index in [1.807, 2.05) is 0 Å². The van der Waals surface area contributed by atoms with E-state index >= 15 is 0 Å². The minimum Gasteiger partial charge on any atom is -0.378 e. The zero-order valence-electron chi connectivity index (χ0n) is 7.12. The van der Waals surface area contributed by atoms with Crippen molar-refractivity contribution in [3.8, 4) is 0 Å². The highest BCUT2D eigenvalue weighted by atomic mass is 35.5. The average molecular weight is 232 g/mol. The molecule has 1 atom stereocenters. The maximum atomic E-state index is 9.73. The Morgan fingerprint density at radius 1 is 1.64 bits per heavy atom. The highest BCUT2D eigenvalue weighted by Gasteiger charge is 2.19. The van der Waals surface area contributed by atoms with Crippen LogP contribution in [0.25, 0.3) is 0 Å². The highest BCUT2D eigenvalue weighted by molar-refractivity contribution is 7.15. The van der Waals surface area contributed by atoms with E-state index in [0.717, 1.165) is 0 Å². The first-order valence-corrected chi connectivity index (χ1v) is 4.89. The Balaban J connectivity index is 2.28. The summed E-state index contributed by atoms with van der Waals surface area (Å²) in [4.78, 5) is 5.19. The minimum atomic E-state index is -0.957. The SMILES string of the molecule is Cn1nnc(C(O)c2ncc(Cl)s2)n1. The number of hydrogen-bond acceptors (Lipinski definition) is 6. The number of aliphatic hydroxyl groups excluding tert-OH is 1. The van der Waals surface area contributed by atoms with Crippen LogP contribution in [0.2, 0.25) is 4.34 Å². The lowest BCUT2D eigenvalue weighted by atomic mass is 10.4. The number of rotatable bonds is 2. The number of aliphatic hydroxyl groups is 1.